The van der Waals surface area contributed by atoms with Gasteiger partial charge < -0.3 is 15.4 Å². The summed E-state index contributed by atoms with van der Waals surface area (Å²) in [5, 5.41) is 0. The summed E-state index contributed by atoms with van der Waals surface area (Å²) in [5.74, 6) is 1.10. The van der Waals surface area contributed by atoms with Crippen molar-refractivity contribution >= 4 is 17.5 Å². The summed E-state index contributed by atoms with van der Waals surface area (Å²) >= 11 is 0. The molecule has 2 aliphatic rings. The third kappa shape index (κ3) is 2.21. The second kappa shape index (κ2) is 5.31. The van der Waals surface area contributed by atoms with E-state index in [9.17, 15) is 4.79 Å². The molecule has 2 fully saturated rings. The first kappa shape index (κ1) is 13.2. The number of carbonyl (C=O) groups is 1. The zero-order valence-corrected chi connectivity index (χ0v) is 11.8. The van der Waals surface area contributed by atoms with Crippen molar-refractivity contribution in [3.63, 3.8) is 0 Å². The molecular formula is C15H21N3O2. The molecule has 108 valence electrons. The van der Waals surface area contributed by atoms with E-state index in [0.717, 1.165) is 18.3 Å². The minimum Gasteiger partial charge on any atom is -0.464 e. The molecule has 2 N–H and O–H groups in total. The SMILES string of the molecule is COC(=O)c1ccc(N)c(N2CCC3CCCCC32)n1. The molecule has 1 aromatic heterocycles. The Bertz CT molecular complexity index is 518. The number of anilines is 2. The van der Waals surface area contributed by atoms with Crippen LogP contribution in [0.15, 0.2) is 12.1 Å². The van der Waals surface area contributed by atoms with Gasteiger partial charge in [-0.1, -0.05) is 12.8 Å². The number of hydrogen-bond acceptors (Lipinski definition) is 5. The molecule has 1 saturated carbocycles. The highest BCUT2D eigenvalue weighted by atomic mass is 16.5. The monoisotopic (exact) mass is 275 g/mol. The molecule has 20 heavy (non-hydrogen) atoms. The highest BCUT2D eigenvalue weighted by molar-refractivity contribution is 5.88. The molecular weight excluding hydrogens is 254 g/mol. The van der Waals surface area contributed by atoms with E-state index in [1.165, 1.54) is 39.2 Å². The van der Waals surface area contributed by atoms with Crippen LogP contribution in [0.3, 0.4) is 0 Å². The van der Waals surface area contributed by atoms with Crippen molar-refractivity contribution in [3.05, 3.63) is 17.8 Å². The van der Waals surface area contributed by atoms with Crippen LogP contribution in [-0.4, -0.2) is 30.6 Å². The standard InChI is InChI=1S/C15H21N3O2/c1-20-15(19)12-7-6-11(16)14(17-12)18-9-8-10-4-2-3-5-13(10)18/h6-7,10,13H,2-5,8-9,16H2,1H3. The largest absolute Gasteiger partial charge is 0.464 e. The van der Waals surface area contributed by atoms with Crippen molar-refractivity contribution in [2.24, 2.45) is 5.92 Å². The quantitative estimate of drug-likeness (QED) is 0.838. The van der Waals surface area contributed by atoms with Gasteiger partial charge in [0.05, 0.1) is 12.8 Å². The molecule has 0 bridgehead atoms. The van der Waals surface area contributed by atoms with Crippen molar-refractivity contribution in [3.8, 4) is 0 Å². The Morgan fingerprint density at radius 2 is 2.15 bits per heavy atom. The number of aromatic nitrogens is 1. The molecule has 2 unspecified atom stereocenters. The van der Waals surface area contributed by atoms with Gasteiger partial charge in [0.2, 0.25) is 0 Å². The summed E-state index contributed by atoms with van der Waals surface area (Å²) < 4.78 is 4.74. The molecule has 1 aliphatic carbocycles. The Morgan fingerprint density at radius 1 is 1.35 bits per heavy atom. The number of esters is 1. The Morgan fingerprint density at radius 3 is 2.95 bits per heavy atom. The van der Waals surface area contributed by atoms with Gasteiger partial charge in [-0.3, -0.25) is 0 Å². The number of hydrogen-bond donors (Lipinski definition) is 1. The minimum atomic E-state index is -0.411. The van der Waals surface area contributed by atoms with Gasteiger partial charge in [-0.15, -0.1) is 0 Å². The van der Waals surface area contributed by atoms with E-state index in [4.69, 9.17) is 10.5 Å². The van der Waals surface area contributed by atoms with Gasteiger partial charge in [0.1, 0.15) is 0 Å². The molecule has 0 amide bonds. The van der Waals surface area contributed by atoms with Gasteiger partial charge in [-0.25, -0.2) is 9.78 Å². The van der Waals surface area contributed by atoms with Crippen LogP contribution in [0.25, 0.3) is 0 Å². The highest BCUT2D eigenvalue weighted by Gasteiger charge is 2.37. The second-order valence-corrected chi connectivity index (χ2v) is 5.69. The Hall–Kier alpha value is -1.78. The van der Waals surface area contributed by atoms with Gasteiger partial charge >= 0.3 is 5.97 Å². The lowest BCUT2D eigenvalue weighted by Crippen LogP contribution is -2.36. The average Bonchev–Trinajstić information content (AvgIpc) is 2.91. The summed E-state index contributed by atoms with van der Waals surface area (Å²) in [6, 6.07) is 3.91. The lowest BCUT2D eigenvalue weighted by atomic mass is 9.85. The lowest BCUT2D eigenvalue weighted by Gasteiger charge is -2.33. The summed E-state index contributed by atoms with van der Waals surface area (Å²) in [6.07, 6.45) is 6.31. The Balaban J connectivity index is 1.91. The summed E-state index contributed by atoms with van der Waals surface area (Å²) in [5.41, 5.74) is 7.05. The third-order valence-corrected chi connectivity index (χ3v) is 4.58. The number of carbonyl (C=O) groups excluding carboxylic acids is 1. The van der Waals surface area contributed by atoms with Crippen molar-refractivity contribution in [1.29, 1.82) is 0 Å². The van der Waals surface area contributed by atoms with Crippen LogP contribution >= 0.6 is 0 Å². The van der Waals surface area contributed by atoms with Crippen molar-refractivity contribution in [2.75, 3.05) is 24.3 Å². The topological polar surface area (TPSA) is 68.5 Å². The first-order valence-corrected chi connectivity index (χ1v) is 7.32. The lowest BCUT2D eigenvalue weighted by molar-refractivity contribution is 0.0594. The number of nitrogens with two attached hydrogens (primary N) is 1. The number of nitrogens with zero attached hydrogens (tertiary/aromatic N) is 2. The fourth-order valence-electron chi connectivity index (χ4n) is 3.58. The molecule has 5 nitrogen and oxygen atoms in total. The van der Waals surface area contributed by atoms with E-state index < -0.39 is 5.97 Å². The molecule has 0 spiro atoms. The zero-order chi connectivity index (χ0) is 14.1. The average molecular weight is 275 g/mol. The fraction of sp³-hybridized carbons (Fsp3) is 0.600. The van der Waals surface area contributed by atoms with Gasteiger partial charge in [0.25, 0.3) is 0 Å². The predicted molar refractivity (Wildman–Crippen MR) is 77.7 cm³/mol. The smallest absolute Gasteiger partial charge is 0.356 e. The Labute approximate surface area is 119 Å². The van der Waals surface area contributed by atoms with E-state index in [1.807, 2.05) is 0 Å². The second-order valence-electron chi connectivity index (χ2n) is 5.69. The van der Waals surface area contributed by atoms with Crippen LogP contribution in [0.5, 0.6) is 0 Å². The molecule has 1 saturated heterocycles. The number of rotatable bonds is 2. The first-order valence-electron chi connectivity index (χ1n) is 7.32. The number of nitrogen functional groups attached to an aromatic ring is 1. The van der Waals surface area contributed by atoms with Gasteiger partial charge in [0.15, 0.2) is 11.5 Å². The first-order chi connectivity index (χ1) is 9.70. The van der Waals surface area contributed by atoms with Crippen LogP contribution in [0, 0.1) is 5.92 Å². The molecule has 5 heteroatoms. The maximum absolute atomic E-state index is 11.6. The molecule has 1 aliphatic heterocycles. The number of methoxy groups -OCH3 is 1. The van der Waals surface area contributed by atoms with Crippen molar-refractivity contribution in [1.82, 2.24) is 4.98 Å². The molecule has 2 heterocycles. The zero-order valence-electron chi connectivity index (χ0n) is 11.8. The minimum absolute atomic E-state index is 0.330. The maximum Gasteiger partial charge on any atom is 0.356 e. The number of fused-ring (bicyclic) bond motifs is 1. The molecule has 0 aromatic carbocycles. The van der Waals surface area contributed by atoms with Gasteiger partial charge in [0, 0.05) is 12.6 Å². The normalized spacial score (nSPS) is 25.4. The maximum atomic E-state index is 11.6. The third-order valence-electron chi connectivity index (χ3n) is 4.58. The van der Waals surface area contributed by atoms with Crippen molar-refractivity contribution in [2.45, 2.75) is 38.1 Å². The summed E-state index contributed by atoms with van der Waals surface area (Å²) in [6.45, 7) is 0.983. The van der Waals surface area contributed by atoms with Crippen LogP contribution in [0.1, 0.15) is 42.6 Å². The van der Waals surface area contributed by atoms with E-state index in [2.05, 4.69) is 9.88 Å². The predicted octanol–water partition coefficient (Wildman–Crippen LogP) is 2.22. The van der Waals surface area contributed by atoms with E-state index in [0.29, 0.717) is 17.4 Å². The van der Waals surface area contributed by atoms with Crippen LogP contribution in [0.2, 0.25) is 0 Å². The molecule has 3 rings (SSSR count). The molecule has 0 radical (unpaired) electrons. The summed E-state index contributed by atoms with van der Waals surface area (Å²) in [7, 11) is 1.37. The fourth-order valence-corrected chi connectivity index (χ4v) is 3.58. The molecule has 2 atom stereocenters. The van der Waals surface area contributed by atoms with Crippen LogP contribution in [-0.2, 0) is 4.74 Å². The number of pyridine rings is 1. The summed E-state index contributed by atoms with van der Waals surface area (Å²) in [4.78, 5) is 18.4. The van der Waals surface area contributed by atoms with Gasteiger partial charge in [-0.05, 0) is 37.3 Å². The molecule has 1 aromatic rings. The van der Waals surface area contributed by atoms with E-state index in [1.54, 1.807) is 12.1 Å². The van der Waals surface area contributed by atoms with Gasteiger partial charge in [-0.2, -0.15) is 0 Å². The van der Waals surface area contributed by atoms with E-state index >= 15 is 0 Å². The number of ether oxygens (including phenoxy) is 1. The van der Waals surface area contributed by atoms with Crippen LogP contribution < -0.4 is 10.6 Å². The van der Waals surface area contributed by atoms with Crippen molar-refractivity contribution < 1.29 is 9.53 Å². The van der Waals surface area contributed by atoms with Crippen LogP contribution in [0.4, 0.5) is 11.5 Å². The highest BCUT2D eigenvalue weighted by Crippen LogP contribution is 2.39. The van der Waals surface area contributed by atoms with E-state index in [-0.39, 0.29) is 0 Å². The Kier molecular flexibility index (Phi) is 3.51.